The molecular weight excluding hydrogens is 454 g/mol. The highest BCUT2D eigenvalue weighted by atomic mass is 32.1. The first-order chi connectivity index (χ1) is 17.0. The Morgan fingerprint density at radius 2 is 1.63 bits per heavy atom. The summed E-state index contributed by atoms with van der Waals surface area (Å²) in [7, 11) is 0. The van der Waals surface area contributed by atoms with Crippen molar-refractivity contribution in [3.05, 3.63) is 58.3 Å². The van der Waals surface area contributed by atoms with Crippen molar-refractivity contribution in [2.24, 2.45) is 17.8 Å². The minimum absolute atomic E-state index is 0.0130. The van der Waals surface area contributed by atoms with Crippen molar-refractivity contribution in [1.82, 2.24) is 15.1 Å². The molecule has 4 saturated carbocycles. The molecular formula is C29H39N3O2S. The first-order valence-electron chi connectivity index (χ1n) is 13.4. The van der Waals surface area contributed by atoms with Gasteiger partial charge in [0.05, 0.1) is 6.54 Å². The van der Waals surface area contributed by atoms with Gasteiger partial charge < -0.3 is 15.1 Å². The van der Waals surface area contributed by atoms with Crippen LogP contribution in [0.15, 0.2) is 47.8 Å². The molecule has 4 aliphatic rings. The fourth-order valence-electron chi connectivity index (χ4n) is 7.06. The maximum Gasteiger partial charge on any atom is 0.318 e. The topological polar surface area (TPSA) is 52.7 Å². The van der Waals surface area contributed by atoms with Gasteiger partial charge in [-0.2, -0.15) is 0 Å². The smallest absolute Gasteiger partial charge is 0.318 e. The van der Waals surface area contributed by atoms with Crippen LogP contribution in [-0.2, 0) is 17.9 Å². The molecule has 6 heteroatoms. The Hall–Kier alpha value is -2.34. The van der Waals surface area contributed by atoms with E-state index in [1.165, 1.54) is 19.3 Å². The van der Waals surface area contributed by atoms with Gasteiger partial charge in [0.25, 0.3) is 0 Å². The summed E-state index contributed by atoms with van der Waals surface area (Å²) in [4.78, 5) is 32.1. The molecule has 1 heterocycles. The molecule has 1 aromatic heterocycles. The van der Waals surface area contributed by atoms with E-state index < -0.39 is 0 Å². The largest absolute Gasteiger partial charge is 0.333 e. The average molecular weight is 494 g/mol. The van der Waals surface area contributed by atoms with Gasteiger partial charge in [0.15, 0.2) is 0 Å². The van der Waals surface area contributed by atoms with E-state index in [0.29, 0.717) is 19.6 Å². The first-order valence-corrected chi connectivity index (χ1v) is 14.3. The molecule has 188 valence electrons. The molecule has 0 unspecified atom stereocenters. The number of carbonyl (C=O) groups excluding carboxylic acids is 2. The number of unbranched alkanes of at least 4 members (excludes halogenated alkanes) is 1. The van der Waals surface area contributed by atoms with Gasteiger partial charge in [0.2, 0.25) is 5.91 Å². The Bertz CT molecular complexity index is 955. The van der Waals surface area contributed by atoms with E-state index in [9.17, 15) is 9.59 Å². The van der Waals surface area contributed by atoms with E-state index in [4.69, 9.17) is 0 Å². The van der Waals surface area contributed by atoms with Crippen LogP contribution in [0.1, 0.15) is 68.7 Å². The Morgan fingerprint density at radius 3 is 2.23 bits per heavy atom. The summed E-state index contributed by atoms with van der Waals surface area (Å²) >= 11 is 1.67. The quantitative estimate of drug-likeness (QED) is 0.438. The van der Waals surface area contributed by atoms with Gasteiger partial charge in [0, 0.05) is 23.5 Å². The van der Waals surface area contributed by atoms with Gasteiger partial charge in [-0.3, -0.25) is 4.79 Å². The van der Waals surface area contributed by atoms with E-state index >= 15 is 0 Å². The minimum atomic E-state index is -0.0416. The number of carbonyl (C=O) groups is 2. The number of amides is 3. The SMILES string of the molecule is CCCCN(CC(=O)N(Cc1ccccc1)Cc1cccs1)C(=O)NC12CC3CC(CC(C3)C1)C2. The summed E-state index contributed by atoms with van der Waals surface area (Å²) in [5, 5.41) is 5.54. The fourth-order valence-corrected chi connectivity index (χ4v) is 7.78. The molecule has 3 amide bonds. The molecule has 0 atom stereocenters. The molecule has 1 aromatic carbocycles. The van der Waals surface area contributed by atoms with Gasteiger partial charge >= 0.3 is 6.03 Å². The van der Waals surface area contributed by atoms with Crippen molar-refractivity contribution >= 4 is 23.3 Å². The van der Waals surface area contributed by atoms with E-state index in [1.807, 2.05) is 34.5 Å². The standard InChI is InChI=1S/C29H39N3O2S/c1-2-3-11-31(28(34)30-29-16-23-13-24(17-29)15-25(14-23)18-29)21-27(33)32(20-26-10-7-12-35-26)19-22-8-5-4-6-9-22/h4-10,12,23-25H,2-3,11,13-21H2,1H3,(H,30,34). The highest BCUT2D eigenvalue weighted by Gasteiger charge is 2.51. The van der Waals surface area contributed by atoms with E-state index in [2.05, 4.69) is 30.4 Å². The van der Waals surface area contributed by atoms with Crippen LogP contribution in [0.2, 0.25) is 0 Å². The predicted molar refractivity (Wildman–Crippen MR) is 141 cm³/mol. The second kappa shape index (κ2) is 10.7. The van der Waals surface area contributed by atoms with Crippen molar-refractivity contribution in [1.29, 1.82) is 0 Å². The summed E-state index contributed by atoms with van der Waals surface area (Å²) in [5.74, 6) is 2.34. The third kappa shape index (κ3) is 5.91. The number of urea groups is 1. The lowest BCUT2D eigenvalue weighted by atomic mass is 9.53. The van der Waals surface area contributed by atoms with Crippen molar-refractivity contribution in [2.75, 3.05) is 13.1 Å². The van der Waals surface area contributed by atoms with Crippen molar-refractivity contribution in [3.63, 3.8) is 0 Å². The van der Waals surface area contributed by atoms with Gasteiger partial charge in [-0.1, -0.05) is 49.7 Å². The molecule has 0 radical (unpaired) electrons. The molecule has 4 aliphatic carbocycles. The Morgan fingerprint density at radius 1 is 0.943 bits per heavy atom. The van der Waals surface area contributed by atoms with Crippen LogP contribution >= 0.6 is 11.3 Å². The lowest BCUT2D eigenvalue weighted by molar-refractivity contribution is -0.133. The summed E-state index contributed by atoms with van der Waals surface area (Å²) in [6.45, 7) is 4.02. The lowest BCUT2D eigenvalue weighted by Crippen LogP contribution is -2.62. The second-order valence-electron chi connectivity index (χ2n) is 11.2. The Balaban J connectivity index is 1.28. The normalized spacial score (nSPS) is 26.5. The fraction of sp³-hybridized carbons (Fsp3) is 0.586. The van der Waals surface area contributed by atoms with Crippen LogP contribution in [0.25, 0.3) is 0 Å². The van der Waals surface area contributed by atoms with Gasteiger partial charge in [-0.05, 0) is 79.7 Å². The Kier molecular flexibility index (Phi) is 7.47. The summed E-state index contributed by atoms with van der Waals surface area (Å²) in [6, 6.07) is 14.2. The maximum absolute atomic E-state index is 13.6. The zero-order valence-electron chi connectivity index (χ0n) is 21.0. The Labute approximate surface area is 213 Å². The first kappa shape index (κ1) is 24.4. The van der Waals surface area contributed by atoms with Gasteiger partial charge in [0.1, 0.15) is 6.54 Å². The minimum Gasteiger partial charge on any atom is -0.333 e. The van der Waals surface area contributed by atoms with E-state index in [-0.39, 0.29) is 24.0 Å². The zero-order chi connectivity index (χ0) is 24.3. The monoisotopic (exact) mass is 493 g/mol. The van der Waals surface area contributed by atoms with Crippen LogP contribution in [-0.4, -0.2) is 40.4 Å². The number of thiophene rings is 1. The average Bonchev–Trinajstić information content (AvgIpc) is 3.34. The zero-order valence-corrected chi connectivity index (χ0v) is 21.8. The van der Waals surface area contributed by atoms with Crippen molar-refractivity contribution < 1.29 is 9.59 Å². The number of nitrogens with zero attached hydrogens (tertiary/aromatic N) is 2. The summed E-state index contributed by atoms with van der Waals surface area (Å²) in [6.07, 6.45) is 9.33. The molecule has 4 fully saturated rings. The van der Waals surface area contributed by atoms with Crippen LogP contribution in [0.3, 0.4) is 0 Å². The number of nitrogens with one attached hydrogen (secondary N) is 1. The molecule has 2 aromatic rings. The van der Waals surface area contributed by atoms with E-state index in [1.54, 1.807) is 16.2 Å². The molecule has 5 nitrogen and oxygen atoms in total. The molecule has 0 spiro atoms. The second-order valence-corrected chi connectivity index (χ2v) is 12.3. The van der Waals surface area contributed by atoms with Crippen molar-refractivity contribution in [3.8, 4) is 0 Å². The highest BCUT2D eigenvalue weighted by Crippen LogP contribution is 2.55. The molecule has 0 aliphatic heterocycles. The number of hydrogen-bond donors (Lipinski definition) is 1. The van der Waals surface area contributed by atoms with Crippen LogP contribution in [0.4, 0.5) is 4.79 Å². The molecule has 0 saturated heterocycles. The number of hydrogen-bond acceptors (Lipinski definition) is 3. The van der Waals surface area contributed by atoms with Gasteiger partial charge in [-0.15, -0.1) is 11.3 Å². The summed E-state index contributed by atoms with van der Waals surface area (Å²) < 4.78 is 0. The van der Waals surface area contributed by atoms with E-state index in [0.717, 1.165) is 60.3 Å². The third-order valence-corrected chi connectivity index (χ3v) is 9.16. The molecule has 4 bridgehead atoms. The van der Waals surface area contributed by atoms with Crippen LogP contribution in [0.5, 0.6) is 0 Å². The molecule has 1 N–H and O–H groups in total. The highest BCUT2D eigenvalue weighted by molar-refractivity contribution is 7.09. The molecule has 6 rings (SSSR count). The lowest BCUT2D eigenvalue weighted by Gasteiger charge is -2.57. The number of benzene rings is 1. The van der Waals surface area contributed by atoms with Crippen molar-refractivity contribution in [2.45, 2.75) is 76.9 Å². The molecule has 35 heavy (non-hydrogen) atoms. The van der Waals surface area contributed by atoms with Gasteiger partial charge in [-0.25, -0.2) is 4.79 Å². The van der Waals surface area contributed by atoms with Crippen LogP contribution in [0, 0.1) is 17.8 Å². The predicted octanol–water partition coefficient (Wildman–Crippen LogP) is 6.06. The number of rotatable bonds is 10. The van der Waals surface area contributed by atoms with Crippen LogP contribution < -0.4 is 5.32 Å². The third-order valence-electron chi connectivity index (χ3n) is 8.30. The maximum atomic E-state index is 13.6. The summed E-state index contributed by atoms with van der Waals surface area (Å²) in [5.41, 5.74) is 1.07.